The van der Waals surface area contributed by atoms with Crippen molar-refractivity contribution in [2.24, 2.45) is 0 Å². The molecular formula is C22H24O3. The highest BCUT2D eigenvalue weighted by atomic mass is 16.5. The van der Waals surface area contributed by atoms with E-state index in [1.54, 1.807) is 7.11 Å². The Balaban J connectivity index is 1.77. The van der Waals surface area contributed by atoms with E-state index in [0.717, 1.165) is 16.9 Å². The minimum atomic E-state index is -0.678. The predicted octanol–water partition coefficient (Wildman–Crippen LogP) is 4.66. The second kappa shape index (κ2) is 7.68. The normalized spacial score (nSPS) is 13.6. The van der Waals surface area contributed by atoms with Crippen molar-refractivity contribution in [1.29, 1.82) is 0 Å². The van der Waals surface area contributed by atoms with Crippen LogP contribution in [0.2, 0.25) is 0 Å². The molecule has 0 radical (unpaired) electrons. The monoisotopic (exact) mass is 336 g/mol. The number of rotatable bonds is 7. The smallest absolute Gasteiger partial charge is 0.120 e. The average molecular weight is 336 g/mol. The molecule has 0 aliphatic heterocycles. The van der Waals surface area contributed by atoms with Crippen molar-refractivity contribution >= 4 is 10.8 Å². The second-order valence-electron chi connectivity index (χ2n) is 6.21. The summed E-state index contributed by atoms with van der Waals surface area (Å²) in [5.41, 5.74) is 1.37. The fourth-order valence-corrected chi connectivity index (χ4v) is 3.10. The van der Waals surface area contributed by atoms with E-state index in [9.17, 15) is 5.11 Å². The van der Waals surface area contributed by atoms with Gasteiger partial charge in [0, 0.05) is 7.11 Å². The Hall–Kier alpha value is -2.36. The lowest BCUT2D eigenvalue weighted by molar-refractivity contribution is -0.0600. The lowest BCUT2D eigenvalue weighted by atomic mass is 9.91. The minimum absolute atomic E-state index is 0.0614. The molecule has 0 bridgehead atoms. The van der Waals surface area contributed by atoms with Gasteiger partial charge in [-0.2, -0.15) is 0 Å². The predicted molar refractivity (Wildman–Crippen MR) is 101 cm³/mol. The molecule has 3 aromatic carbocycles. The van der Waals surface area contributed by atoms with Crippen LogP contribution in [0.5, 0.6) is 5.75 Å². The molecular weight excluding hydrogens is 312 g/mol. The third kappa shape index (κ3) is 3.68. The topological polar surface area (TPSA) is 38.7 Å². The van der Waals surface area contributed by atoms with Crippen LogP contribution in [-0.4, -0.2) is 18.8 Å². The number of aliphatic hydroxyl groups is 1. The van der Waals surface area contributed by atoms with Crippen LogP contribution in [0, 0.1) is 0 Å². The van der Waals surface area contributed by atoms with E-state index < -0.39 is 5.60 Å². The summed E-state index contributed by atoms with van der Waals surface area (Å²) in [7, 11) is 1.63. The van der Waals surface area contributed by atoms with Crippen LogP contribution in [0.1, 0.15) is 24.5 Å². The van der Waals surface area contributed by atoms with Crippen LogP contribution in [-0.2, 0) is 16.9 Å². The minimum Gasteiger partial charge on any atom is -0.489 e. The van der Waals surface area contributed by atoms with Crippen LogP contribution in [0.25, 0.3) is 10.8 Å². The van der Waals surface area contributed by atoms with Crippen LogP contribution < -0.4 is 4.74 Å². The fraction of sp³-hybridized carbons (Fsp3) is 0.273. The summed E-state index contributed by atoms with van der Waals surface area (Å²) in [4.78, 5) is 0. The van der Waals surface area contributed by atoms with Gasteiger partial charge < -0.3 is 14.6 Å². The van der Waals surface area contributed by atoms with Gasteiger partial charge in [-0.3, -0.25) is 0 Å². The highest BCUT2D eigenvalue weighted by Crippen LogP contribution is 2.31. The van der Waals surface area contributed by atoms with Crippen LogP contribution in [0.15, 0.2) is 66.7 Å². The van der Waals surface area contributed by atoms with Crippen molar-refractivity contribution in [3.05, 3.63) is 77.9 Å². The maximum atomic E-state index is 9.76. The summed E-state index contributed by atoms with van der Waals surface area (Å²) in [6.07, 6.45) is 0.689. The molecule has 3 aromatic rings. The zero-order valence-electron chi connectivity index (χ0n) is 14.7. The fourth-order valence-electron chi connectivity index (χ4n) is 3.10. The van der Waals surface area contributed by atoms with Gasteiger partial charge in [-0.25, -0.2) is 0 Å². The Kier molecular flexibility index (Phi) is 5.37. The molecule has 1 atom stereocenters. The molecule has 0 aliphatic rings. The van der Waals surface area contributed by atoms with E-state index in [2.05, 4.69) is 30.3 Å². The van der Waals surface area contributed by atoms with E-state index in [1.165, 1.54) is 10.8 Å². The Morgan fingerprint density at radius 1 is 0.920 bits per heavy atom. The van der Waals surface area contributed by atoms with Gasteiger partial charge in [-0.1, -0.05) is 55.5 Å². The van der Waals surface area contributed by atoms with E-state index in [0.29, 0.717) is 13.0 Å². The highest BCUT2D eigenvalue weighted by molar-refractivity contribution is 5.82. The molecule has 0 aliphatic carbocycles. The number of hydrogen-bond acceptors (Lipinski definition) is 3. The van der Waals surface area contributed by atoms with Gasteiger partial charge in [-0.15, -0.1) is 0 Å². The van der Waals surface area contributed by atoms with Gasteiger partial charge in [-0.05, 0) is 46.5 Å². The Morgan fingerprint density at radius 3 is 2.44 bits per heavy atom. The number of hydrogen-bond donors (Lipinski definition) is 1. The van der Waals surface area contributed by atoms with Crippen molar-refractivity contribution in [2.45, 2.75) is 25.6 Å². The average Bonchev–Trinajstić information content (AvgIpc) is 2.68. The van der Waals surface area contributed by atoms with E-state index in [-0.39, 0.29) is 6.61 Å². The van der Waals surface area contributed by atoms with E-state index >= 15 is 0 Å². The molecule has 1 unspecified atom stereocenters. The van der Waals surface area contributed by atoms with Gasteiger partial charge >= 0.3 is 0 Å². The van der Waals surface area contributed by atoms with Gasteiger partial charge in [0.05, 0.1) is 6.61 Å². The van der Waals surface area contributed by atoms with E-state index in [1.807, 2.05) is 43.3 Å². The molecule has 130 valence electrons. The number of fused-ring (bicyclic) bond motifs is 1. The molecule has 3 nitrogen and oxygen atoms in total. The van der Waals surface area contributed by atoms with Crippen molar-refractivity contribution in [2.75, 3.05) is 13.7 Å². The highest BCUT2D eigenvalue weighted by Gasteiger charge is 2.29. The Morgan fingerprint density at radius 2 is 1.72 bits per heavy atom. The zero-order valence-corrected chi connectivity index (χ0v) is 14.7. The van der Waals surface area contributed by atoms with Crippen molar-refractivity contribution < 1.29 is 14.6 Å². The van der Waals surface area contributed by atoms with Crippen LogP contribution in [0.4, 0.5) is 0 Å². The van der Waals surface area contributed by atoms with Crippen LogP contribution in [0.3, 0.4) is 0 Å². The summed E-state index contributed by atoms with van der Waals surface area (Å²) >= 11 is 0. The van der Waals surface area contributed by atoms with E-state index in [4.69, 9.17) is 9.47 Å². The number of benzene rings is 3. The molecule has 25 heavy (non-hydrogen) atoms. The summed E-state index contributed by atoms with van der Waals surface area (Å²) in [5, 5.41) is 12.2. The van der Waals surface area contributed by atoms with Crippen molar-refractivity contribution in [1.82, 2.24) is 0 Å². The zero-order chi connectivity index (χ0) is 17.7. The second-order valence-corrected chi connectivity index (χ2v) is 6.21. The molecule has 0 fully saturated rings. The van der Waals surface area contributed by atoms with Crippen molar-refractivity contribution in [3.63, 3.8) is 0 Å². The number of methoxy groups -OCH3 is 1. The number of ether oxygens (including phenoxy) is 2. The summed E-state index contributed by atoms with van der Waals surface area (Å²) in [6, 6.07) is 22.4. The van der Waals surface area contributed by atoms with Crippen molar-refractivity contribution in [3.8, 4) is 5.75 Å². The Labute approximate surface area is 148 Å². The molecule has 3 heteroatoms. The summed E-state index contributed by atoms with van der Waals surface area (Å²) in [6.45, 7) is 2.44. The molecule has 0 aromatic heterocycles. The van der Waals surface area contributed by atoms with Gasteiger partial charge in [0.15, 0.2) is 0 Å². The lowest BCUT2D eigenvalue weighted by Crippen LogP contribution is -2.31. The Bertz CT molecular complexity index is 829. The first-order valence-electron chi connectivity index (χ1n) is 8.58. The summed E-state index contributed by atoms with van der Waals surface area (Å²) in [5.74, 6) is 0.772. The molecule has 0 saturated heterocycles. The number of aliphatic hydroxyl groups excluding tert-OH is 1. The third-order valence-electron chi connectivity index (χ3n) is 4.80. The largest absolute Gasteiger partial charge is 0.489 e. The molecule has 0 spiro atoms. The first kappa shape index (κ1) is 17.5. The molecule has 0 amide bonds. The molecule has 0 saturated carbocycles. The SMILES string of the molecule is CCC(CO)(OC)c1cccc(OCc2ccc3ccccc3c2)c1. The third-order valence-corrected chi connectivity index (χ3v) is 4.80. The lowest BCUT2D eigenvalue weighted by Gasteiger charge is -2.30. The standard InChI is InChI=1S/C22H24O3/c1-3-22(16-23,24-2)20-9-6-10-21(14-20)25-15-17-11-12-18-7-4-5-8-19(18)13-17/h4-14,23H,3,15-16H2,1-2H3. The van der Waals surface area contributed by atoms with Gasteiger partial charge in [0.1, 0.15) is 18.0 Å². The van der Waals surface area contributed by atoms with Gasteiger partial charge in [0.25, 0.3) is 0 Å². The quantitative estimate of drug-likeness (QED) is 0.682. The maximum absolute atomic E-state index is 9.76. The first-order chi connectivity index (χ1) is 12.2. The molecule has 3 rings (SSSR count). The summed E-state index contributed by atoms with van der Waals surface area (Å²) < 4.78 is 11.6. The van der Waals surface area contributed by atoms with Gasteiger partial charge in [0.2, 0.25) is 0 Å². The first-order valence-corrected chi connectivity index (χ1v) is 8.58. The maximum Gasteiger partial charge on any atom is 0.120 e. The molecule has 0 heterocycles. The molecule has 1 N–H and O–H groups in total. The van der Waals surface area contributed by atoms with Crippen LogP contribution >= 0.6 is 0 Å².